The predicted molar refractivity (Wildman–Crippen MR) is 76.2 cm³/mol. The van der Waals surface area contributed by atoms with Crippen LogP contribution in [-0.4, -0.2) is 21.7 Å². The second-order valence-corrected chi connectivity index (χ2v) is 10.7. The molecule has 0 saturated heterocycles. The molecule has 0 radical (unpaired) electrons. The first-order valence-corrected chi connectivity index (χ1v) is 9.05. The summed E-state index contributed by atoms with van der Waals surface area (Å²) in [6.45, 7) is 10.4. The van der Waals surface area contributed by atoms with Crippen molar-refractivity contribution in [2.75, 3.05) is 7.11 Å². The first kappa shape index (κ1) is 15.7. The lowest BCUT2D eigenvalue weighted by Crippen LogP contribution is -2.44. The quantitative estimate of drug-likeness (QED) is 0.618. The van der Waals surface area contributed by atoms with E-state index in [-0.39, 0.29) is 10.6 Å². The molecule has 0 spiro atoms. The third-order valence-electron chi connectivity index (χ3n) is 3.58. The maximum Gasteiger partial charge on any atom is 0.250 e. The average Bonchev–Trinajstić information content (AvgIpc) is 2.27. The van der Waals surface area contributed by atoms with Crippen molar-refractivity contribution >= 4 is 14.6 Å². The summed E-state index contributed by atoms with van der Waals surface area (Å²) in [5, 5.41) is -0.00216. The van der Waals surface area contributed by atoms with Gasteiger partial charge in [-0.3, -0.25) is 4.79 Å². The molecule has 0 amide bonds. The summed E-state index contributed by atoms with van der Waals surface area (Å²) in [7, 11) is -0.606. The van der Waals surface area contributed by atoms with Crippen LogP contribution >= 0.6 is 0 Å². The minimum Gasteiger partial charge on any atom is -0.541 e. The monoisotopic (exact) mass is 284 g/mol. The SMILES string of the molecule is COc1cc(C=O)c(F)cc1O[Si](C)(C)C(C)(C)C. The maximum absolute atomic E-state index is 13.7. The van der Waals surface area contributed by atoms with Crippen LogP contribution in [0.25, 0.3) is 0 Å². The van der Waals surface area contributed by atoms with E-state index in [0.717, 1.165) is 0 Å². The van der Waals surface area contributed by atoms with E-state index >= 15 is 0 Å². The standard InChI is InChI=1S/C14H21FO3Si/c1-14(2,3)19(5,6)18-13-8-11(15)10(9-16)7-12(13)17-4/h7-9H,1-6H3. The molecule has 0 aliphatic rings. The number of hydrogen-bond acceptors (Lipinski definition) is 3. The normalized spacial score (nSPS) is 12.2. The van der Waals surface area contributed by atoms with E-state index in [2.05, 4.69) is 33.9 Å². The van der Waals surface area contributed by atoms with Crippen LogP contribution < -0.4 is 9.16 Å². The van der Waals surface area contributed by atoms with Crippen LogP contribution in [0.1, 0.15) is 31.1 Å². The first-order chi connectivity index (χ1) is 8.62. The second kappa shape index (κ2) is 5.33. The van der Waals surface area contributed by atoms with Crippen molar-refractivity contribution in [2.24, 2.45) is 0 Å². The zero-order chi connectivity index (χ0) is 14.8. The molecule has 0 saturated carbocycles. The topological polar surface area (TPSA) is 35.5 Å². The van der Waals surface area contributed by atoms with Gasteiger partial charge in [-0.1, -0.05) is 20.8 Å². The fourth-order valence-corrected chi connectivity index (χ4v) is 2.32. The van der Waals surface area contributed by atoms with Gasteiger partial charge < -0.3 is 9.16 Å². The molecule has 0 atom stereocenters. The Morgan fingerprint density at radius 1 is 1.21 bits per heavy atom. The molecule has 0 bridgehead atoms. The van der Waals surface area contributed by atoms with Crippen molar-refractivity contribution in [2.45, 2.75) is 38.9 Å². The summed E-state index contributed by atoms with van der Waals surface area (Å²) in [5.74, 6) is 0.148. The highest BCUT2D eigenvalue weighted by Crippen LogP contribution is 2.40. The molecule has 1 aromatic carbocycles. The van der Waals surface area contributed by atoms with Gasteiger partial charge in [0.05, 0.1) is 12.7 Å². The predicted octanol–water partition coefficient (Wildman–Crippen LogP) is 4.03. The molecule has 0 fully saturated rings. The Balaban J connectivity index is 3.21. The Kier molecular flexibility index (Phi) is 4.40. The number of halogens is 1. The molecule has 3 nitrogen and oxygen atoms in total. The third kappa shape index (κ3) is 3.35. The second-order valence-electron chi connectivity index (χ2n) is 6.00. The highest BCUT2D eigenvalue weighted by Gasteiger charge is 2.39. The summed E-state index contributed by atoms with van der Waals surface area (Å²) in [6, 6.07) is 2.59. The number of methoxy groups -OCH3 is 1. The van der Waals surface area contributed by atoms with Gasteiger partial charge in [0, 0.05) is 6.07 Å². The molecule has 0 N–H and O–H groups in total. The van der Waals surface area contributed by atoms with Gasteiger partial charge in [-0.25, -0.2) is 4.39 Å². The minimum atomic E-state index is -2.08. The van der Waals surface area contributed by atoms with Crippen molar-refractivity contribution in [1.29, 1.82) is 0 Å². The molecular formula is C14H21FO3Si. The van der Waals surface area contributed by atoms with Gasteiger partial charge in [-0.15, -0.1) is 0 Å². The van der Waals surface area contributed by atoms with Crippen molar-refractivity contribution in [3.05, 3.63) is 23.5 Å². The fraction of sp³-hybridized carbons (Fsp3) is 0.500. The molecule has 106 valence electrons. The number of benzene rings is 1. The number of aldehydes is 1. The van der Waals surface area contributed by atoms with Crippen LogP contribution in [-0.2, 0) is 0 Å². The molecule has 5 heteroatoms. The zero-order valence-corrected chi connectivity index (χ0v) is 13.3. The third-order valence-corrected chi connectivity index (χ3v) is 7.92. The molecule has 19 heavy (non-hydrogen) atoms. The number of ether oxygens (including phenoxy) is 1. The maximum atomic E-state index is 13.7. The lowest BCUT2D eigenvalue weighted by Gasteiger charge is -2.36. The number of hydrogen-bond donors (Lipinski definition) is 0. The van der Waals surface area contributed by atoms with Crippen LogP contribution in [0.5, 0.6) is 11.5 Å². The molecule has 0 aliphatic carbocycles. The van der Waals surface area contributed by atoms with Crippen molar-refractivity contribution < 1.29 is 18.3 Å². The van der Waals surface area contributed by atoms with Crippen molar-refractivity contribution in [3.8, 4) is 11.5 Å². The molecular weight excluding hydrogens is 263 g/mol. The van der Waals surface area contributed by atoms with Crippen LogP contribution in [0.4, 0.5) is 4.39 Å². The van der Waals surface area contributed by atoms with Crippen molar-refractivity contribution in [3.63, 3.8) is 0 Å². The van der Waals surface area contributed by atoms with Crippen LogP contribution in [0, 0.1) is 5.82 Å². The van der Waals surface area contributed by atoms with E-state index in [1.54, 1.807) is 0 Å². The number of carbonyl (C=O) groups is 1. The average molecular weight is 284 g/mol. The Labute approximate surface area is 114 Å². The van der Waals surface area contributed by atoms with E-state index in [0.29, 0.717) is 17.8 Å². The van der Waals surface area contributed by atoms with Gasteiger partial charge >= 0.3 is 0 Å². The largest absolute Gasteiger partial charge is 0.541 e. The smallest absolute Gasteiger partial charge is 0.250 e. The fourth-order valence-electron chi connectivity index (χ4n) is 1.31. The lowest BCUT2D eigenvalue weighted by atomic mass is 10.2. The van der Waals surface area contributed by atoms with Crippen molar-refractivity contribution in [1.82, 2.24) is 0 Å². The number of rotatable bonds is 4. The van der Waals surface area contributed by atoms with E-state index in [1.165, 1.54) is 19.2 Å². The van der Waals surface area contributed by atoms with Gasteiger partial charge in [-0.2, -0.15) is 0 Å². The van der Waals surface area contributed by atoms with E-state index in [4.69, 9.17) is 9.16 Å². The summed E-state index contributed by atoms with van der Waals surface area (Å²) in [4.78, 5) is 10.7. The Morgan fingerprint density at radius 3 is 2.21 bits per heavy atom. The van der Waals surface area contributed by atoms with E-state index < -0.39 is 14.1 Å². The molecule has 0 aliphatic heterocycles. The Bertz CT molecular complexity index is 478. The van der Waals surface area contributed by atoms with E-state index in [1.807, 2.05) is 0 Å². The molecule has 0 heterocycles. The Hall–Kier alpha value is -1.36. The molecule has 1 aromatic rings. The minimum absolute atomic E-state index is 0.00216. The molecule has 1 rings (SSSR count). The van der Waals surface area contributed by atoms with Gasteiger partial charge in [0.25, 0.3) is 8.32 Å². The highest BCUT2D eigenvalue weighted by molar-refractivity contribution is 6.74. The first-order valence-electron chi connectivity index (χ1n) is 6.14. The summed E-state index contributed by atoms with van der Waals surface area (Å²) >= 11 is 0. The number of carbonyl (C=O) groups excluding carboxylic acids is 1. The van der Waals surface area contributed by atoms with Crippen LogP contribution in [0.2, 0.25) is 18.1 Å². The lowest BCUT2D eigenvalue weighted by molar-refractivity contribution is 0.111. The molecule has 0 aromatic heterocycles. The van der Waals surface area contributed by atoms with Gasteiger partial charge in [-0.05, 0) is 24.2 Å². The van der Waals surface area contributed by atoms with Crippen LogP contribution in [0.15, 0.2) is 12.1 Å². The highest BCUT2D eigenvalue weighted by atomic mass is 28.4. The van der Waals surface area contributed by atoms with E-state index in [9.17, 15) is 9.18 Å². The van der Waals surface area contributed by atoms with Gasteiger partial charge in [0.15, 0.2) is 12.0 Å². The Morgan fingerprint density at radius 2 is 1.79 bits per heavy atom. The van der Waals surface area contributed by atoms with Gasteiger partial charge in [0.1, 0.15) is 11.6 Å². The zero-order valence-electron chi connectivity index (χ0n) is 12.3. The summed E-state index contributed by atoms with van der Waals surface area (Å²) < 4.78 is 24.9. The van der Waals surface area contributed by atoms with Gasteiger partial charge in [0.2, 0.25) is 0 Å². The summed E-state index contributed by atoms with van der Waals surface area (Å²) in [6.07, 6.45) is 0.466. The summed E-state index contributed by atoms with van der Waals surface area (Å²) in [5.41, 5.74) is -0.0283. The molecule has 0 unspecified atom stereocenters. The van der Waals surface area contributed by atoms with Crippen LogP contribution in [0.3, 0.4) is 0 Å².